The minimum atomic E-state index is -0.890. The van der Waals surface area contributed by atoms with Gasteiger partial charge in [-0.2, -0.15) is 0 Å². The van der Waals surface area contributed by atoms with Crippen LogP contribution in [0.5, 0.6) is 0 Å². The van der Waals surface area contributed by atoms with Gasteiger partial charge in [0.25, 0.3) is 0 Å². The van der Waals surface area contributed by atoms with E-state index in [2.05, 4.69) is 4.98 Å². The summed E-state index contributed by atoms with van der Waals surface area (Å²) in [5.74, 6) is -0.890. The normalized spacial score (nSPS) is 10.6. The third kappa shape index (κ3) is 2.26. The van der Waals surface area contributed by atoms with E-state index in [4.69, 9.17) is 0 Å². The number of aromatic nitrogens is 1. The number of aromatic carboxylic acids is 1. The highest BCUT2D eigenvalue weighted by Gasteiger charge is 2.10. The van der Waals surface area contributed by atoms with Crippen LogP contribution >= 0.6 is 0 Å². The van der Waals surface area contributed by atoms with Crippen molar-refractivity contribution in [2.24, 2.45) is 0 Å². The number of para-hydroxylation sites is 1. The molecule has 0 saturated heterocycles. The Morgan fingerprint density at radius 3 is 2.55 bits per heavy atom. The quantitative estimate of drug-likeness (QED) is 0.786. The lowest BCUT2D eigenvalue weighted by atomic mass is 9.97. The van der Waals surface area contributed by atoms with E-state index in [-0.39, 0.29) is 0 Å². The highest BCUT2D eigenvalue weighted by atomic mass is 16.4. The van der Waals surface area contributed by atoms with Crippen LogP contribution in [-0.2, 0) is 6.42 Å². The highest BCUT2D eigenvalue weighted by Crippen LogP contribution is 2.21. The number of pyridine rings is 1. The molecule has 0 aliphatic rings. The Morgan fingerprint density at radius 1 is 0.950 bits per heavy atom. The van der Waals surface area contributed by atoms with Gasteiger partial charge in [0.15, 0.2) is 0 Å². The molecule has 2 aromatic carbocycles. The molecule has 0 unspecified atom stereocenters. The van der Waals surface area contributed by atoms with Gasteiger partial charge in [-0.3, -0.25) is 4.98 Å². The highest BCUT2D eigenvalue weighted by molar-refractivity contribution is 5.90. The number of carbonyl (C=O) groups is 1. The SMILES string of the molecule is O=C(O)c1ccccc1Cc1ccnc2ccccc12. The van der Waals surface area contributed by atoms with Crippen molar-refractivity contribution in [2.75, 3.05) is 0 Å². The Morgan fingerprint density at radius 2 is 1.70 bits per heavy atom. The maximum absolute atomic E-state index is 11.3. The molecule has 0 fully saturated rings. The molecule has 0 saturated carbocycles. The van der Waals surface area contributed by atoms with Crippen molar-refractivity contribution in [1.29, 1.82) is 0 Å². The van der Waals surface area contributed by atoms with Crippen LogP contribution in [0.2, 0.25) is 0 Å². The molecule has 0 atom stereocenters. The van der Waals surface area contributed by atoms with Crippen LogP contribution in [0.15, 0.2) is 60.8 Å². The average molecular weight is 263 g/mol. The van der Waals surface area contributed by atoms with Crippen LogP contribution in [-0.4, -0.2) is 16.1 Å². The summed E-state index contributed by atoms with van der Waals surface area (Å²) in [6.07, 6.45) is 2.35. The first-order valence-corrected chi connectivity index (χ1v) is 6.39. The van der Waals surface area contributed by atoms with Gasteiger partial charge in [-0.1, -0.05) is 36.4 Å². The zero-order chi connectivity index (χ0) is 13.9. The van der Waals surface area contributed by atoms with E-state index in [1.54, 1.807) is 18.3 Å². The molecule has 1 aromatic heterocycles. The monoisotopic (exact) mass is 263 g/mol. The maximum atomic E-state index is 11.3. The second-order valence-corrected chi connectivity index (χ2v) is 4.63. The van der Waals surface area contributed by atoms with Gasteiger partial charge in [0.05, 0.1) is 11.1 Å². The third-order valence-corrected chi connectivity index (χ3v) is 3.37. The smallest absolute Gasteiger partial charge is 0.335 e. The topological polar surface area (TPSA) is 50.2 Å². The van der Waals surface area contributed by atoms with Crippen molar-refractivity contribution >= 4 is 16.9 Å². The molecule has 3 nitrogen and oxygen atoms in total. The van der Waals surface area contributed by atoms with Gasteiger partial charge in [0.2, 0.25) is 0 Å². The number of carboxylic acids is 1. The van der Waals surface area contributed by atoms with E-state index in [1.807, 2.05) is 42.5 Å². The number of hydrogen-bond donors (Lipinski definition) is 1. The van der Waals surface area contributed by atoms with Gasteiger partial charge in [0.1, 0.15) is 0 Å². The second-order valence-electron chi connectivity index (χ2n) is 4.63. The van der Waals surface area contributed by atoms with Gasteiger partial charge in [0, 0.05) is 11.6 Å². The molecule has 20 heavy (non-hydrogen) atoms. The van der Waals surface area contributed by atoms with Crippen molar-refractivity contribution in [3.8, 4) is 0 Å². The average Bonchev–Trinajstić information content (AvgIpc) is 2.48. The van der Waals surface area contributed by atoms with Crippen LogP contribution < -0.4 is 0 Å². The Labute approximate surface area is 116 Å². The molecule has 3 aromatic rings. The summed E-state index contributed by atoms with van der Waals surface area (Å²) in [6, 6.07) is 17.0. The first-order valence-electron chi connectivity index (χ1n) is 6.39. The molecule has 0 bridgehead atoms. The summed E-state index contributed by atoms with van der Waals surface area (Å²) in [5.41, 5.74) is 3.19. The van der Waals surface area contributed by atoms with E-state index >= 15 is 0 Å². The number of nitrogens with zero attached hydrogens (tertiary/aromatic N) is 1. The Balaban J connectivity index is 2.08. The minimum absolute atomic E-state index is 0.355. The van der Waals surface area contributed by atoms with Crippen LogP contribution in [0.3, 0.4) is 0 Å². The second kappa shape index (κ2) is 5.13. The van der Waals surface area contributed by atoms with Crippen LogP contribution in [0, 0.1) is 0 Å². The maximum Gasteiger partial charge on any atom is 0.335 e. The number of rotatable bonds is 3. The summed E-state index contributed by atoms with van der Waals surface area (Å²) in [7, 11) is 0. The molecular formula is C17H13NO2. The van der Waals surface area contributed by atoms with Crippen molar-refractivity contribution in [3.05, 3.63) is 77.5 Å². The number of benzene rings is 2. The molecule has 1 heterocycles. The number of fused-ring (bicyclic) bond motifs is 1. The summed E-state index contributed by atoms with van der Waals surface area (Å²) in [4.78, 5) is 15.6. The molecule has 0 amide bonds. The Hall–Kier alpha value is -2.68. The molecule has 0 radical (unpaired) electrons. The largest absolute Gasteiger partial charge is 0.478 e. The zero-order valence-electron chi connectivity index (χ0n) is 10.8. The summed E-state index contributed by atoms with van der Waals surface area (Å²) < 4.78 is 0. The van der Waals surface area contributed by atoms with E-state index < -0.39 is 5.97 Å². The van der Waals surface area contributed by atoms with Crippen LogP contribution in [0.25, 0.3) is 10.9 Å². The summed E-state index contributed by atoms with van der Waals surface area (Å²) >= 11 is 0. The van der Waals surface area contributed by atoms with Crippen molar-refractivity contribution in [1.82, 2.24) is 4.98 Å². The fourth-order valence-corrected chi connectivity index (χ4v) is 2.40. The number of carboxylic acid groups (broad SMARTS) is 1. The van der Waals surface area contributed by atoms with Gasteiger partial charge in [-0.05, 0) is 35.7 Å². The summed E-state index contributed by atoms with van der Waals surface area (Å²) in [5, 5.41) is 10.3. The molecule has 3 heteroatoms. The fraction of sp³-hybridized carbons (Fsp3) is 0.0588. The Bertz CT molecular complexity index is 775. The molecule has 0 aliphatic heterocycles. The predicted octanol–water partition coefficient (Wildman–Crippen LogP) is 3.52. The lowest BCUT2D eigenvalue weighted by Gasteiger charge is -2.08. The fourth-order valence-electron chi connectivity index (χ4n) is 2.40. The van der Waals surface area contributed by atoms with Gasteiger partial charge in [-0.15, -0.1) is 0 Å². The van der Waals surface area contributed by atoms with Gasteiger partial charge < -0.3 is 5.11 Å². The van der Waals surface area contributed by atoms with E-state index in [0.717, 1.165) is 22.0 Å². The molecule has 0 aliphatic carbocycles. The van der Waals surface area contributed by atoms with Crippen LogP contribution in [0.4, 0.5) is 0 Å². The predicted molar refractivity (Wildman–Crippen MR) is 78.0 cm³/mol. The molecule has 1 N–H and O–H groups in total. The zero-order valence-corrected chi connectivity index (χ0v) is 10.8. The van der Waals surface area contributed by atoms with E-state index in [0.29, 0.717) is 12.0 Å². The lowest BCUT2D eigenvalue weighted by molar-refractivity contribution is 0.0696. The third-order valence-electron chi connectivity index (χ3n) is 3.37. The van der Waals surface area contributed by atoms with Crippen molar-refractivity contribution in [2.45, 2.75) is 6.42 Å². The van der Waals surface area contributed by atoms with Crippen molar-refractivity contribution in [3.63, 3.8) is 0 Å². The first-order chi connectivity index (χ1) is 9.75. The van der Waals surface area contributed by atoms with Gasteiger partial charge in [-0.25, -0.2) is 4.79 Å². The summed E-state index contributed by atoms with van der Waals surface area (Å²) in [6.45, 7) is 0. The molecule has 0 spiro atoms. The lowest BCUT2D eigenvalue weighted by Crippen LogP contribution is -2.03. The first kappa shape index (κ1) is 12.4. The standard InChI is InChI=1S/C17H13NO2/c19-17(20)15-7-2-1-5-12(15)11-13-9-10-18-16-8-4-3-6-14(13)16/h1-10H,11H2,(H,19,20). The van der Waals surface area contributed by atoms with E-state index in [1.165, 1.54) is 0 Å². The minimum Gasteiger partial charge on any atom is -0.478 e. The molecule has 3 rings (SSSR count). The van der Waals surface area contributed by atoms with E-state index in [9.17, 15) is 9.90 Å². The van der Waals surface area contributed by atoms with Gasteiger partial charge >= 0.3 is 5.97 Å². The van der Waals surface area contributed by atoms with Crippen LogP contribution in [0.1, 0.15) is 21.5 Å². The Kier molecular flexibility index (Phi) is 3.17. The molecular weight excluding hydrogens is 250 g/mol. The number of hydrogen-bond acceptors (Lipinski definition) is 2. The van der Waals surface area contributed by atoms with Crippen molar-refractivity contribution < 1.29 is 9.90 Å². The molecule has 98 valence electrons.